The molecular weight excluding hydrogens is 526 g/mol. The van der Waals surface area contributed by atoms with Crippen molar-refractivity contribution in [2.45, 2.75) is 50.9 Å². The molecule has 2 aliphatic rings. The highest BCUT2D eigenvalue weighted by Gasteiger charge is 2.22. The molecule has 0 unspecified atom stereocenters. The van der Waals surface area contributed by atoms with E-state index in [2.05, 4.69) is 65.1 Å². The lowest BCUT2D eigenvalue weighted by Gasteiger charge is -2.15. The molecule has 1 amide bonds. The van der Waals surface area contributed by atoms with Crippen molar-refractivity contribution in [3.63, 3.8) is 0 Å². The van der Waals surface area contributed by atoms with Crippen LogP contribution in [0.1, 0.15) is 45.5 Å². The zero-order valence-electron chi connectivity index (χ0n) is 23.2. The van der Waals surface area contributed by atoms with Crippen molar-refractivity contribution in [1.29, 1.82) is 0 Å². The third-order valence-corrected chi connectivity index (χ3v) is 7.40. The second kappa shape index (κ2) is 12.7. The minimum atomic E-state index is -0.276. The van der Waals surface area contributed by atoms with Crippen LogP contribution in [0.3, 0.4) is 0 Å². The molecule has 2 aromatic heterocycles. The number of allylic oxidation sites excluding steroid dienone is 1. The number of anilines is 3. The Labute approximate surface area is 244 Å². The predicted octanol–water partition coefficient (Wildman–Crippen LogP) is 4.33. The van der Waals surface area contributed by atoms with E-state index < -0.39 is 0 Å². The van der Waals surface area contributed by atoms with Crippen LogP contribution in [-0.4, -0.2) is 43.6 Å². The van der Waals surface area contributed by atoms with Crippen LogP contribution >= 0.6 is 0 Å². The molecule has 0 bridgehead atoms. The van der Waals surface area contributed by atoms with Crippen molar-refractivity contribution in [3.05, 3.63) is 113 Å². The zero-order chi connectivity index (χ0) is 28.7. The van der Waals surface area contributed by atoms with Gasteiger partial charge in [0, 0.05) is 55.3 Å². The summed E-state index contributed by atoms with van der Waals surface area (Å²) in [5.74, 6) is 1.14. The highest BCUT2D eigenvalue weighted by molar-refractivity contribution is 6.06. The largest absolute Gasteiger partial charge is 0.351 e. The minimum Gasteiger partial charge on any atom is -0.351 e. The summed E-state index contributed by atoms with van der Waals surface area (Å²) in [6.07, 6.45) is 10.7. The molecule has 1 atom stereocenters. The van der Waals surface area contributed by atoms with Gasteiger partial charge in [-0.25, -0.2) is 4.99 Å². The van der Waals surface area contributed by atoms with Gasteiger partial charge in [0.1, 0.15) is 0 Å². The Balaban J connectivity index is 1.13. The summed E-state index contributed by atoms with van der Waals surface area (Å²) in [5.41, 5.74) is 12.0. The summed E-state index contributed by atoms with van der Waals surface area (Å²) >= 11 is 0. The molecule has 0 spiro atoms. The van der Waals surface area contributed by atoms with Crippen molar-refractivity contribution >= 4 is 29.5 Å². The van der Waals surface area contributed by atoms with E-state index in [1.165, 1.54) is 11.1 Å². The second-order valence-electron chi connectivity index (χ2n) is 10.5. The Kier molecular flexibility index (Phi) is 8.23. The normalized spacial score (nSPS) is 17.2. The summed E-state index contributed by atoms with van der Waals surface area (Å²) < 4.78 is 0. The molecule has 6 rings (SSSR count). The first-order valence-corrected chi connectivity index (χ1v) is 14.2. The first kappa shape index (κ1) is 27.2. The average Bonchev–Trinajstić information content (AvgIpc) is 3.43. The lowest BCUT2D eigenvalue weighted by atomic mass is 10.0. The maximum absolute atomic E-state index is 12.7. The fourth-order valence-electron chi connectivity index (χ4n) is 5.13. The number of aliphatic imine (C=N–C) groups is 1. The van der Waals surface area contributed by atoms with Crippen LogP contribution in [0.5, 0.6) is 0 Å². The van der Waals surface area contributed by atoms with Gasteiger partial charge in [-0.3, -0.25) is 9.78 Å². The number of carbonyl (C=O) groups excluding carboxylic acids is 1. The number of hydrogen-bond acceptors (Lipinski definition) is 9. The van der Waals surface area contributed by atoms with Gasteiger partial charge in [0.25, 0.3) is 5.91 Å². The van der Waals surface area contributed by atoms with E-state index in [-0.39, 0.29) is 18.0 Å². The van der Waals surface area contributed by atoms with Crippen molar-refractivity contribution in [3.8, 4) is 0 Å². The van der Waals surface area contributed by atoms with Crippen LogP contribution in [0.15, 0.2) is 90.2 Å². The highest BCUT2D eigenvalue weighted by Crippen LogP contribution is 2.24. The third kappa shape index (κ3) is 6.84. The van der Waals surface area contributed by atoms with Gasteiger partial charge in [-0.1, -0.05) is 54.6 Å². The summed E-state index contributed by atoms with van der Waals surface area (Å²) in [6.45, 7) is 1.01. The molecule has 0 saturated heterocycles. The van der Waals surface area contributed by atoms with Crippen LogP contribution in [0, 0.1) is 0 Å². The molecule has 212 valence electrons. The molecule has 10 nitrogen and oxygen atoms in total. The topological polar surface area (TPSA) is 143 Å². The quantitative estimate of drug-likeness (QED) is 0.220. The number of hydrogen-bond donors (Lipinski definition) is 4. The van der Waals surface area contributed by atoms with E-state index in [0.717, 1.165) is 29.7 Å². The molecule has 2 heterocycles. The van der Waals surface area contributed by atoms with Crippen LogP contribution in [0.4, 0.5) is 17.8 Å². The molecule has 42 heavy (non-hydrogen) atoms. The molecule has 2 aliphatic carbocycles. The summed E-state index contributed by atoms with van der Waals surface area (Å²) in [4.78, 5) is 35.0. The van der Waals surface area contributed by atoms with Crippen LogP contribution < -0.4 is 21.7 Å². The first-order valence-electron chi connectivity index (χ1n) is 14.2. The molecule has 0 saturated carbocycles. The SMILES string of the molecule is N[C@H]1CC=CCC1=NC(=O)c1ccc(CNc2nc(NCc3cccnc3)nc(NC3Cc4ccccc4C3)n2)cc1. The van der Waals surface area contributed by atoms with Crippen molar-refractivity contribution in [1.82, 2.24) is 19.9 Å². The average molecular weight is 560 g/mol. The van der Waals surface area contributed by atoms with Gasteiger partial charge >= 0.3 is 0 Å². The van der Waals surface area contributed by atoms with Gasteiger partial charge in [-0.15, -0.1) is 0 Å². The van der Waals surface area contributed by atoms with Crippen LogP contribution in [-0.2, 0) is 25.9 Å². The molecule has 5 N–H and O–H groups in total. The molecule has 0 radical (unpaired) electrons. The van der Waals surface area contributed by atoms with E-state index in [1.807, 2.05) is 42.6 Å². The molecular formula is C32H33N9O. The number of rotatable bonds is 9. The van der Waals surface area contributed by atoms with Gasteiger partial charge in [0.15, 0.2) is 0 Å². The maximum atomic E-state index is 12.7. The van der Waals surface area contributed by atoms with Crippen molar-refractivity contribution in [2.24, 2.45) is 10.7 Å². The highest BCUT2D eigenvalue weighted by atomic mass is 16.1. The maximum Gasteiger partial charge on any atom is 0.276 e. The third-order valence-electron chi connectivity index (χ3n) is 7.40. The van der Waals surface area contributed by atoms with Gasteiger partial charge < -0.3 is 21.7 Å². The first-order chi connectivity index (χ1) is 20.6. The Bertz CT molecular complexity index is 1580. The smallest absolute Gasteiger partial charge is 0.276 e. The summed E-state index contributed by atoms with van der Waals surface area (Å²) in [6, 6.07) is 19.8. The van der Waals surface area contributed by atoms with E-state index in [9.17, 15) is 4.79 Å². The Morgan fingerprint density at radius 1 is 0.833 bits per heavy atom. The zero-order valence-corrected chi connectivity index (χ0v) is 23.2. The number of aromatic nitrogens is 4. The number of carbonyl (C=O) groups is 1. The standard InChI is InChI=1S/C32H33N9O/c33-27-9-3-4-10-28(27)38-29(42)23-13-11-21(12-14-23)19-35-30-39-31(36-20-22-6-5-15-34-18-22)41-32(40-30)37-26-16-24-7-1-2-8-25(24)17-26/h1-8,11-15,18,26-27H,9-10,16-17,19-20,33H2,(H3,35,36,37,39,40,41)/t27-/m0/s1. The van der Waals surface area contributed by atoms with Crippen molar-refractivity contribution < 1.29 is 4.79 Å². The number of nitrogens with zero attached hydrogens (tertiary/aromatic N) is 5. The fraction of sp³-hybridized carbons (Fsp3) is 0.250. The Morgan fingerprint density at radius 3 is 2.19 bits per heavy atom. The second-order valence-corrected chi connectivity index (χ2v) is 10.5. The summed E-state index contributed by atoms with van der Waals surface area (Å²) in [7, 11) is 0. The molecule has 2 aromatic carbocycles. The van der Waals surface area contributed by atoms with Crippen LogP contribution in [0.2, 0.25) is 0 Å². The predicted molar refractivity (Wildman–Crippen MR) is 165 cm³/mol. The number of nitrogens with one attached hydrogen (secondary N) is 3. The Hall–Kier alpha value is -4.96. The molecule has 4 aromatic rings. The summed E-state index contributed by atoms with van der Waals surface area (Å²) in [5, 5.41) is 10.1. The lowest BCUT2D eigenvalue weighted by molar-refractivity contribution is 0.100. The van der Waals surface area contributed by atoms with Gasteiger partial charge in [-0.2, -0.15) is 15.0 Å². The van der Waals surface area contributed by atoms with Gasteiger partial charge in [0.05, 0.1) is 0 Å². The van der Waals surface area contributed by atoms with E-state index in [1.54, 1.807) is 18.3 Å². The number of amides is 1. The number of nitrogens with two attached hydrogens (primary N) is 1. The van der Waals surface area contributed by atoms with E-state index in [0.29, 0.717) is 49.3 Å². The molecule has 10 heteroatoms. The van der Waals surface area contributed by atoms with E-state index in [4.69, 9.17) is 5.73 Å². The van der Waals surface area contributed by atoms with Crippen LogP contribution in [0.25, 0.3) is 0 Å². The fourth-order valence-corrected chi connectivity index (χ4v) is 5.13. The molecule has 0 aliphatic heterocycles. The van der Waals surface area contributed by atoms with E-state index >= 15 is 0 Å². The van der Waals surface area contributed by atoms with Gasteiger partial charge in [0.2, 0.25) is 17.8 Å². The minimum absolute atomic E-state index is 0.199. The monoisotopic (exact) mass is 559 g/mol. The lowest BCUT2D eigenvalue weighted by Crippen LogP contribution is -2.32. The number of pyridine rings is 1. The molecule has 0 fully saturated rings. The number of benzene rings is 2. The number of fused-ring (bicyclic) bond motifs is 1. The Morgan fingerprint density at radius 2 is 1.52 bits per heavy atom. The van der Waals surface area contributed by atoms with Gasteiger partial charge in [-0.05, 0) is 59.7 Å². The van der Waals surface area contributed by atoms with Crippen molar-refractivity contribution in [2.75, 3.05) is 16.0 Å².